The van der Waals surface area contributed by atoms with E-state index in [0.29, 0.717) is 25.9 Å². The van der Waals surface area contributed by atoms with Gasteiger partial charge in [0.2, 0.25) is 5.91 Å². The number of hydrogen-bond donors (Lipinski definition) is 2. The number of likely N-dealkylation sites (tertiary alicyclic amines) is 1. The summed E-state index contributed by atoms with van der Waals surface area (Å²) < 4.78 is 0. The van der Waals surface area contributed by atoms with Gasteiger partial charge in [-0.2, -0.15) is 0 Å². The summed E-state index contributed by atoms with van der Waals surface area (Å²) in [6.45, 7) is 3.16. The zero-order chi connectivity index (χ0) is 17.1. The Balaban J connectivity index is 1.67. The van der Waals surface area contributed by atoms with Crippen molar-refractivity contribution in [2.75, 3.05) is 18.4 Å². The average molecular weight is 326 g/mol. The second kappa shape index (κ2) is 7.01. The van der Waals surface area contributed by atoms with E-state index in [1.54, 1.807) is 0 Å². The minimum atomic E-state index is -0.734. The lowest BCUT2D eigenvalue weighted by Crippen LogP contribution is -2.47. The summed E-state index contributed by atoms with van der Waals surface area (Å²) in [5.74, 6) is -1.07. The molecule has 1 unspecified atom stereocenters. The number of aliphatic carboxylic acids is 1. The molecule has 0 aromatic heterocycles. The highest BCUT2D eigenvalue weighted by molar-refractivity contribution is 6.03. The van der Waals surface area contributed by atoms with E-state index in [2.05, 4.69) is 10.2 Å². The molecule has 0 saturated carbocycles. The zero-order valence-electron chi connectivity index (χ0n) is 13.7. The van der Waals surface area contributed by atoms with Crippen molar-refractivity contribution in [1.29, 1.82) is 0 Å². The molecule has 1 heterocycles. The third-order valence-electron chi connectivity index (χ3n) is 4.85. The number of carbonyl (C=O) groups excluding carboxylic acids is 1. The number of benzene rings is 2. The number of amides is 1. The second-order valence-electron chi connectivity index (χ2n) is 6.34. The number of carboxylic acid groups (broad SMARTS) is 1. The minimum Gasteiger partial charge on any atom is -0.481 e. The van der Waals surface area contributed by atoms with E-state index in [0.717, 1.165) is 16.5 Å². The Kier molecular flexibility index (Phi) is 4.81. The molecule has 0 aliphatic carbocycles. The van der Waals surface area contributed by atoms with Gasteiger partial charge in [0.25, 0.3) is 0 Å². The number of nitrogens with zero attached hydrogens (tertiary/aromatic N) is 1. The lowest BCUT2D eigenvalue weighted by atomic mass is 9.96. The van der Waals surface area contributed by atoms with Crippen LogP contribution in [-0.4, -0.2) is 41.0 Å². The molecule has 2 aromatic carbocycles. The standard InChI is InChI=1S/C19H22N2O3/c1-13(21-11-9-15(10-12-21)19(23)24)18(22)20-17-8-4-6-14-5-2-3-7-16(14)17/h2-8,13,15H,9-12H2,1H3,(H,20,22)(H,23,24). The van der Waals surface area contributed by atoms with Gasteiger partial charge in [-0.25, -0.2) is 0 Å². The number of hydrogen-bond acceptors (Lipinski definition) is 3. The van der Waals surface area contributed by atoms with Crippen molar-refractivity contribution in [3.63, 3.8) is 0 Å². The average Bonchev–Trinajstić information content (AvgIpc) is 2.61. The molecule has 1 fully saturated rings. The molecule has 0 radical (unpaired) electrons. The van der Waals surface area contributed by atoms with Gasteiger partial charge in [-0.15, -0.1) is 0 Å². The molecule has 1 amide bonds. The molecule has 126 valence electrons. The van der Waals surface area contributed by atoms with Crippen LogP contribution in [0, 0.1) is 5.92 Å². The molecular weight excluding hydrogens is 304 g/mol. The molecule has 1 aliphatic rings. The first-order valence-electron chi connectivity index (χ1n) is 8.32. The van der Waals surface area contributed by atoms with Gasteiger partial charge in [0.05, 0.1) is 12.0 Å². The molecule has 5 nitrogen and oxygen atoms in total. The highest BCUT2D eigenvalue weighted by Gasteiger charge is 2.29. The second-order valence-corrected chi connectivity index (χ2v) is 6.34. The first kappa shape index (κ1) is 16.5. The number of fused-ring (bicyclic) bond motifs is 1. The third-order valence-corrected chi connectivity index (χ3v) is 4.85. The summed E-state index contributed by atoms with van der Waals surface area (Å²) in [4.78, 5) is 25.7. The van der Waals surface area contributed by atoms with E-state index < -0.39 is 5.97 Å². The summed E-state index contributed by atoms with van der Waals surface area (Å²) in [5.41, 5.74) is 0.811. The van der Waals surface area contributed by atoms with Gasteiger partial charge in [-0.05, 0) is 44.3 Å². The number of nitrogens with one attached hydrogen (secondary N) is 1. The van der Waals surface area contributed by atoms with Gasteiger partial charge in [-0.1, -0.05) is 36.4 Å². The molecule has 3 rings (SSSR count). The SMILES string of the molecule is CC(C(=O)Nc1cccc2ccccc12)N1CCC(C(=O)O)CC1. The molecule has 5 heteroatoms. The smallest absolute Gasteiger partial charge is 0.306 e. The molecule has 1 aliphatic heterocycles. The number of carbonyl (C=O) groups is 2. The topological polar surface area (TPSA) is 69.6 Å². The fraction of sp³-hybridized carbons (Fsp3) is 0.368. The van der Waals surface area contributed by atoms with Crippen LogP contribution in [0.25, 0.3) is 10.8 Å². The van der Waals surface area contributed by atoms with Crippen LogP contribution in [-0.2, 0) is 9.59 Å². The monoisotopic (exact) mass is 326 g/mol. The minimum absolute atomic E-state index is 0.0554. The summed E-state index contributed by atoms with van der Waals surface area (Å²) in [6, 6.07) is 13.5. The van der Waals surface area contributed by atoms with E-state index in [-0.39, 0.29) is 17.9 Å². The maximum atomic E-state index is 12.6. The Morgan fingerprint density at radius 1 is 1.12 bits per heavy atom. The Hall–Kier alpha value is -2.40. The van der Waals surface area contributed by atoms with Gasteiger partial charge < -0.3 is 10.4 Å². The fourth-order valence-electron chi connectivity index (χ4n) is 3.27. The van der Waals surface area contributed by atoms with Crippen LogP contribution in [0.4, 0.5) is 5.69 Å². The van der Waals surface area contributed by atoms with Crippen LogP contribution in [0.1, 0.15) is 19.8 Å². The van der Waals surface area contributed by atoms with E-state index >= 15 is 0 Å². The van der Waals surface area contributed by atoms with Gasteiger partial charge in [-0.3, -0.25) is 14.5 Å². The number of carboxylic acids is 1. The first-order valence-corrected chi connectivity index (χ1v) is 8.32. The Morgan fingerprint density at radius 2 is 1.79 bits per heavy atom. The Bertz CT molecular complexity index is 746. The van der Waals surface area contributed by atoms with Gasteiger partial charge in [0.15, 0.2) is 0 Å². The number of piperidine rings is 1. The van der Waals surface area contributed by atoms with Crippen LogP contribution in [0.3, 0.4) is 0 Å². The summed E-state index contributed by atoms with van der Waals surface area (Å²) >= 11 is 0. The van der Waals surface area contributed by atoms with Crippen LogP contribution in [0.2, 0.25) is 0 Å². The zero-order valence-corrected chi connectivity index (χ0v) is 13.7. The van der Waals surface area contributed by atoms with Gasteiger partial charge in [0.1, 0.15) is 0 Å². The van der Waals surface area contributed by atoms with Crippen LogP contribution in [0.15, 0.2) is 42.5 Å². The van der Waals surface area contributed by atoms with Crippen molar-refractivity contribution in [3.05, 3.63) is 42.5 Å². The molecule has 24 heavy (non-hydrogen) atoms. The quantitative estimate of drug-likeness (QED) is 0.906. The van der Waals surface area contributed by atoms with Crippen molar-refractivity contribution in [2.45, 2.75) is 25.8 Å². The molecule has 1 atom stereocenters. The number of anilines is 1. The summed E-state index contributed by atoms with van der Waals surface area (Å²) in [5, 5.41) is 14.2. The maximum absolute atomic E-state index is 12.6. The molecule has 0 spiro atoms. The molecule has 1 saturated heterocycles. The van der Waals surface area contributed by atoms with Crippen LogP contribution < -0.4 is 5.32 Å². The van der Waals surface area contributed by atoms with Crippen molar-refractivity contribution in [2.24, 2.45) is 5.92 Å². The first-order chi connectivity index (χ1) is 11.6. The van der Waals surface area contributed by atoms with E-state index in [9.17, 15) is 9.59 Å². The Labute approximate surface area is 141 Å². The van der Waals surface area contributed by atoms with Gasteiger partial charge in [0, 0.05) is 11.1 Å². The largest absolute Gasteiger partial charge is 0.481 e. The molecule has 2 N–H and O–H groups in total. The highest BCUT2D eigenvalue weighted by atomic mass is 16.4. The van der Waals surface area contributed by atoms with E-state index in [1.807, 2.05) is 49.4 Å². The molecule has 0 bridgehead atoms. The van der Waals surface area contributed by atoms with E-state index in [1.165, 1.54) is 0 Å². The fourth-order valence-corrected chi connectivity index (χ4v) is 3.27. The molecule has 2 aromatic rings. The summed E-state index contributed by atoms with van der Waals surface area (Å²) in [7, 11) is 0. The van der Waals surface area contributed by atoms with Crippen molar-refractivity contribution >= 4 is 28.3 Å². The lowest BCUT2D eigenvalue weighted by molar-refractivity contribution is -0.143. The van der Waals surface area contributed by atoms with Crippen molar-refractivity contribution < 1.29 is 14.7 Å². The lowest BCUT2D eigenvalue weighted by Gasteiger charge is -2.33. The predicted octanol–water partition coefficient (Wildman–Crippen LogP) is 2.96. The molecular formula is C19H22N2O3. The third kappa shape index (κ3) is 3.41. The summed E-state index contributed by atoms with van der Waals surface area (Å²) in [6.07, 6.45) is 1.20. The van der Waals surface area contributed by atoms with Crippen LogP contribution in [0.5, 0.6) is 0 Å². The normalized spacial score (nSPS) is 17.5. The number of rotatable bonds is 4. The Morgan fingerprint density at radius 3 is 2.50 bits per heavy atom. The van der Waals surface area contributed by atoms with Crippen molar-refractivity contribution in [1.82, 2.24) is 4.90 Å². The van der Waals surface area contributed by atoms with Crippen LogP contribution >= 0.6 is 0 Å². The highest BCUT2D eigenvalue weighted by Crippen LogP contribution is 2.24. The van der Waals surface area contributed by atoms with Gasteiger partial charge >= 0.3 is 5.97 Å². The van der Waals surface area contributed by atoms with E-state index in [4.69, 9.17) is 5.11 Å². The predicted molar refractivity (Wildman–Crippen MR) is 94.0 cm³/mol. The van der Waals surface area contributed by atoms with Crippen molar-refractivity contribution in [3.8, 4) is 0 Å². The maximum Gasteiger partial charge on any atom is 0.306 e.